The van der Waals surface area contributed by atoms with Gasteiger partial charge >= 0.3 is 5.97 Å². The van der Waals surface area contributed by atoms with Gasteiger partial charge in [-0.1, -0.05) is 31.4 Å². The summed E-state index contributed by atoms with van der Waals surface area (Å²) in [5.41, 5.74) is -0.0373. The molecule has 0 radical (unpaired) electrons. The highest BCUT2D eigenvalue weighted by Crippen LogP contribution is 2.62. The smallest absolute Gasteiger partial charge is 0.312 e. The third-order valence-corrected chi connectivity index (χ3v) is 8.86. The fourth-order valence-electron chi connectivity index (χ4n) is 7.98. The second-order valence-corrected chi connectivity index (χ2v) is 11.7. The number of hydrogen-bond donors (Lipinski definition) is 1. The Kier molecular flexibility index (Phi) is 6.62. The Morgan fingerprint density at radius 3 is 2.31 bits per heavy atom. The molecule has 35 heavy (non-hydrogen) atoms. The zero-order chi connectivity index (χ0) is 24.6. The number of hydrogen-bond acceptors (Lipinski definition) is 4. The number of halogens is 1. The van der Waals surface area contributed by atoms with Crippen molar-refractivity contribution in [1.29, 1.82) is 0 Å². The highest BCUT2D eigenvalue weighted by molar-refractivity contribution is 5.84. The predicted octanol–water partition coefficient (Wildman–Crippen LogP) is 4.51. The minimum absolute atomic E-state index is 0.0467. The quantitative estimate of drug-likeness (QED) is 0.578. The van der Waals surface area contributed by atoms with Gasteiger partial charge in [-0.05, 0) is 80.9 Å². The van der Waals surface area contributed by atoms with Gasteiger partial charge in [0.2, 0.25) is 5.91 Å². The third kappa shape index (κ3) is 5.10. The van der Waals surface area contributed by atoms with E-state index < -0.39 is 5.41 Å². The lowest BCUT2D eigenvalue weighted by Gasteiger charge is -2.60. The molecule has 2 amide bonds. The molecule has 4 bridgehead atoms. The summed E-state index contributed by atoms with van der Waals surface area (Å²) in [6.45, 7) is 1.67. The van der Waals surface area contributed by atoms with Gasteiger partial charge < -0.3 is 15.0 Å². The molecule has 7 heteroatoms. The molecule has 190 valence electrons. The van der Waals surface area contributed by atoms with E-state index >= 15 is 0 Å². The van der Waals surface area contributed by atoms with Gasteiger partial charge in [0.1, 0.15) is 5.82 Å². The molecule has 2 unspecified atom stereocenters. The van der Waals surface area contributed by atoms with Crippen molar-refractivity contribution in [2.75, 3.05) is 6.61 Å². The van der Waals surface area contributed by atoms with Gasteiger partial charge in [-0.15, -0.1) is 0 Å². The van der Waals surface area contributed by atoms with Crippen LogP contribution >= 0.6 is 0 Å². The van der Waals surface area contributed by atoms with Crippen molar-refractivity contribution in [1.82, 2.24) is 10.2 Å². The second-order valence-electron chi connectivity index (χ2n) is 11.7. The Bertz CT molecular complexity index is 958. The van der Waals surface area contributed by atoms with Gasteiger partial charge in [-0.2, -0.15) is 0 Å². The van der Waals surface area contributed by atoms with Crippen LogP contribution in [0, 0.1) is 23.1 Å². The maximum atomic E-state index is 13.5. The van der Waals surface area contributed by atoms with Gasteiger partial charge in [0.15, 0.2) is 6.61 Å². The lowest BCUT2D eigenvalue weighted by Crippen LogP contribution is -2.64. The molecule has 5 aliphatic rings. The molecule has 1 aromatic rings. The molecular formula is C28H37FN2O4. The van der Waals surface area contributed by atoms with Crippen molar-refractivity contribution in [2.24, 2.45) is 17.3 Å². The fourth-order valence-corrected chi connectivity index (χ4v) is 7.98. The number of nitrogens with one attached hydrogen (secondary N) is 1. The van der Waals surface area contributed by atoms with E-state index in [1.54, 1.807) is 19.1 Å². The van der Waals surface area contributed by atoms with Crippen LogP contribution in [0.2, 0.25) is 0 Å². The van der Waals surface area contributed by atoms with Crippen molar-refractivity contribution in [2.45, 2.75) is 95.7 Å². The summed E-state index contributed by atoms with van der Waals surface area (Å²) in [6.07, 6.45) is 10.4. The van der Waals surface area contributed by atoms with Crippen molar-refractivity contribution >= 4 is 17.8 Å². The summed E-state index contributed by atoms with van der Waals surface area (Å²) in [5, 5.41) is 3.18. The van der Waals surface area contributed by atoms with E-state index in [2.05, 4.69) is 5.32 Å². The van der Waals surface area contributed by atoms with Crippen molar-refractivity contribution in [3.05, 3.63) is 35.6 Å². The zero-order valence-corrected chi connectivity index (χ0v) is 20.7. The predicted molar refractivity (Wildman–Crippen MR) is 128 cm³/mol. The maximum Gasteiger partial charge on any atom is 0.312 e. The van der Waals surface area contributed by atoms with Crippen LogP contribution in [0.3, 0.4) is 0 Å². The normalized spacial score (nSPS) is 31.7. The Morgan fingerprint density at radius 2 is 1.69 bits per heavy atom. The van der Waals surface area contributed by atoms with Gasteiger partial charge in [0.25, 0.3) is 5.91 Å². The average molecular weight is 485 g/mol. The van der Waals surface area contributed by atoms with Crippen molar-refractivity contribution in [3.8, 4) is 0 Å². The highest BCUT2D eigenvalue weighted by Gasteiger charge is 2.61. The number of benzene rings is 1. The van der Waals surface area contributed by atoms with Crippen LogP contribution in [-0.4, -0.2) is 40.9 Å². The molecule has 5 fully saturated rings. The largest absolute Gasteiger partial charge is 0.455 e. The van der Waals surface area contributed by atoms with Crippen LogP contribution in [0.1, 0.15) is 83.1 Å². The molecular weight excluding hydrogens is 447 g/mol. The number of nitrogens with zero attached hydrogens (tertiary/aromatic N) is 1. The fraction of sp³-hybridized carbons (Fsp3) is 0.679. The van der Waals surface area contributed by atoms with E-state index in [9.17, 15) is 18.8 Å². The summed E-state index contributed by atoms with van der Waals surface area (Å²) in [7, 11) is 0. The Labute approximate surface area is 207 Å². The maximum absolute atomic E-state index is 13.5. The summed E-state index contributed by atoms with van der Waals surface area (Å²) in [6, 6.07) is 6.36. The van der Waals surface area contributed by atoms with Crippen LogP contribution in [0.5, 0.6) is 0 Å². The van der Waals surface area contributed by atoms with Crippen LogP contribution < -0.4 is 5.32 Å². The van der Waals surface area contributed by atoms with Crippen molar-refractivity contribution < 1.29 is 23.5 Å². The van der Waals surface area contributed by atoms with E-state index in [4.69, 9.17) is 4.74 Å². The first-order valence-electron chi connectivity index (χ1n) is 13.3. The molecule has 1 N–H and O–H groups in total. The first kappa shape index (κ1) is 24.3. The number of ether oxygens (including phenoxy) is 1. The topological polar surface area (TPSA) is 75.7 Å². The first-order chi connectivity index (χ1) is 16.8. The van der Waals surface area contributed by atoms with E-state index in [0.717, 1.165) is 63.4 Å². The average Bonchev–Trinajstić information content (AvgIpc) is 2.81. The summed E-state index contributed by atoms with van der Waals surface area (Å²) < 4.78 is 19.2. The number of carbonyl (C=O) groups excluding carboxylic acids is 3. The van der Waals surface area contributed by atoms with Gasteiger partial charge in [-0.25, -0.2) is 4.39 Å². The van der Waals surface area contributed by atoms with Crippen LogP contribution in [0.4, 0.5) is 4.39 Å². The van der Waals surface area contributed by atoms with E-state index in [1.165, 1.54) is 18.6 Å². The lowest BCUT2D eigenvalue weighted by molar-refractivity contribution is -0.178. The number of carbonyl (C=O) groups is 3. The molecule has 5 saturated carbocycles. The van der Waals surface area contributed by atoms with Crippen molar-refractivity contribution in [3.63, 3.8) is 0 Å². The van der Waals surface area contributed by atoms with Gasteiger partial charge in [-0.3, -0.25) is 14.4 Å². The third-order valence-electron chi connectivity index (χ3n) is 8.86. The van der Waals surface area contributed by atoms with Gasteiger partial charge in [0.05, 0.1) is 5.41 Å². The van der Waals surface area contributed by atoms with E-state index in [0.29, 0.717) is 24.8 Å². The van der Waals surface area contributed by atoms with Crippen LogP contribution in [0.25, 0.3) is 0 Å². The summed E-state index contributed by atoms with van der Waals surface area (Å²) in [4.78, 5) is 40.6. The summed E-state index contributed by atoms with van der Waals surface area (Å²) >= 11 is 0. The van der Waals surface area contributed by atoms with E-state index in [-0.39, 0.29) is 41.8 Å². The van der Waals surface area contributed by atoms with Gasteiger partial charge in [0, 0.05) is 25.0 Å². The molecule has 1 aromatic carbocycles. The molecule has 0 spiro atoms. The monoisotopic (exact) mass is 484 g/mol. The highest BCUT2D eigenvalue weighted by atomic mass is 19.1. The molecule has 0 aliphatic heterocycles. The SMILES string of the molecule is CC(=O)NC12CC3CC(C1)CC(C(=O)OCC(=O)N(Cc1ccc(F)cc1)C1CCCCC1)(C3)C2. The first-order valence-corrected chi connectivity index (χ1v) is 13.3. The Balaban J connectivity index is 1.27. The molecule has 5 aliphatic carbocycles. The molecule has 0 heterocycles. The minimum Gasteiger partial charge on any atom is -0.455 e. The molecule has 6 nitrogen and oxygen atoms in total. The van der Waals surface area contributed by atoms with Crippen LogP contribution in [-0.2, 0) is 25.7 Å². The summed E-state index contributed by atoms with van der Waals surface area (Å²) in [5.74, 6) is 0.0310. The lowest BCUT2D eigenvalue weighted by atomic mass is 9.47. The van der Waals surface area contributed by atoms with E-state index in [1.807, 2.05) is 4.90 Å². The second kappa shape index (κ2) is 9.55. The zero-order valence-electron chi connectivity index (χ0n) is 20.7. The molecule has 0 aromatic heterocycles. The Morgan fingerprint density at radius 1 is 1.03 bits per heavy atom. The number of rotatable bonds is 7. The molecule has 2 atom stereocenters. The molecule has 0 saturated heterocycles. The minimum atomic E-state index is -0.598. The number of amides is 2. The standard InChI is InChI=1S/C28H37FN2O4/c1-19(32)30-28-14-21-11-22(15-28)13-27(12-21,18-28)26(34)35-17-25(33)31(24-5-3-2-4-6-24)16-20-7-9-23(29)10-8-20/h7-10,21-22,24H,2-6,11-18H2,1H3,(H,30,32). The molecule has 6 rings (SSSR count). The number of esters is 1. The Hall–Kier alpha value is -2.44. The van der Waals surface area contributed by atoms with Crippen LogP contribution in [0.15, 0.2) is 24.3 Å².